The fourth-order valence-electron chi connectivity index (χ4n) is 3.00. The highest BCUT2D eigenvalue weighted by Gasteiger charge is 2.34. The van der Waals surface area contributed by atoms with E-state index < -0.39 is 11.9 Å². The van der Waals surface area contributed by atoms with Crippen LogP contribution in [0, 0.1) is 6.92 Å². The predicted molar refractivity (Wildman–Crippen MR) is 91.3 cm³/mol. The molecule has 0 aliphatic heterocycles. The van der Waals surface area contributed by atoms with Crippen molar-refractivity contribution in [1.82, 2.24) is 24.6 Å². The zero-order chi connectivity index (χ0) is 18.6. The second-order valence-corrected chi connectivity index (χ2v) is 6.91. The van der Waals surface area contributed by atoms with Crippen LogP contribution >= 0.6 is 11.3 Å². The standard InChI is InChI=1S/C16H12F3N5OS/c1-3-8-7(2)26-15-11(8)14(25)22-12(23-15)9-6-21-24-10(16(17,18)19)4-5-20-13(9)24/h4-6H,3H2,1-2H3,(H,22,23,25). The molecule has 4 aromatic heterocycles. The van der Waals surface area contributed by atoms with Gasteiger partial charge in [0.25, 0.3) is 5.56 Å². The van der Waals surface area contributed by atoms with E-state index in [2.05, 4.69) is 20.1 Å². The van der Waals surface area contributed by atoms with Crippen LogP contribution in [0.5, 0.6) is 0 Å². The Bertz CT molecular complexity index is 1200. The van der Waals surface area contributed by atoms with Gasteiger partial charge in [0.2, 0.25) is 0 Å². The highest BCUT2D eigenvalue weighted by molar-refractivity contribution is 7.18. The van der Waals surface area contributed by atoms with Gasteiger partial charge < -0.3 is 4.98 Å². The van der Waals surface area contributed by atoms with Crippen molar-refractivity contribution in [2.45, 2.75) is 26.4 Å². The summed E-state index contributed by atoms with van der Waals surface area (Å²) in [5.41, 5.74) is -0.122. The summed E-state index contributed by atoms with van der Waals surface area (Å²) in [6.07, 6.45) is -1.59. The lowest BCUT2D eigenvalue weighted by Crippen LogP contribution is -2.13. The molecule has 0 amide bonds. The molecule has 6 nitrogen and oxygen atoms in total. The van der Waals surface area contributed by atoms with E-state index in [9.17, 15) is 18.0 Å². The number of aromatic nitrogens is 5. The predicted octanol–water partition coefficient (Wildman–Crippen LogP) is 3.58. The van der Waals surface area contributed by atoms with Gasteiger partial charge in [-0.05, 0) is 25.0 Å². The van der Waals surface area contributed by atoms with Crippen molar-refractivity contribution in [2.75, 3.05) is 0 Å². The molecule has 0 unspecified atom stereocenters. The number of aryl methyl sites for hydroxylation is 2. The van der Waals surface area contributed by atoms with Crippen LogP contribution in [0.1, 0.15) is 23.1 Å². The van der Waals surface area contributed by atoms with Crippen molar-refractivity contribution in [3.8, 4) is 11.4 Å². The van der Waals surface area contributed by atoms with Crippen LogP contribution in [-0.4, -0.2) is 24.6 Å². The minimum Gasteiger partial charge on any atom is -0.306 e. The molecule has 134 valence electrons. The summed E-state index contributed by atoms with van der Waals surface area (Å²) >= 11 is 1.38. The first-order valence-electron chi connectivity index (χ1n) is 7.74. The first-order chi connectivity index (χ1) is 12.3. The largest absolute Gasteiger partial charge is 0.433 e. The maximum Gasteiger partial charge on any atom is 0.433 e. The van der Waals surface area contributed by atoms with Crippen molar-refractivity contribution < 1.29 is 13.2 Å². The zero-order valence-corrected chi connectivity index (χ0v) is 14.5. The fourth-order valence-corrected chi connectivity index (χ4v) is 4.12. The van der Waals surface area contributed by atoms with Gasteiger partial charge in [0.15, 0.2) is 5.65 Å². The van der Waals surface area contributed by atoms with Gasteiger partial charge in [-0.2, -0.15) is 18.3 Å². The maximum absolute atomic E-state index is 13.1. The normalized spacial score (nSPS) is 12.3. The Morgan fingerprint density at radius 1 is 1.35 bits per heavy atom. The molecule has 0 radical (unpaired) electrons. The Balaban J connectivity index is 1.98. The summed E-state index contributed by atoms with van der Waals surface area (Å²) in [6, 6.07) is 0.847. The molecule has 0 atom stereocenters. The molecule has 0 aliphatic rings. The van der Waals surface area contributed by atoms with Crippen LogP contribution in [0.15, 0.2) is 23.3 Å². The number of rotatable bonds is 2. The molecule has 0 saturated carbocycles. The van der Waals surface area contributed by atoms with Gasteiger partial charge in [-0.1, -0.05) is 6.92 Å². The Morgan fingerprint density at radius 2 is 2.12 bits per heavy atom. The minimum atomic E-state index is -4.57. The van der Waals surface area contributed by atoms with Crippen molar-refractivity contribution in [2.24, 2.45) is 0 Å². The number of halogens is 3. The summed E-state index contributed by atoms with van der Waals surface area (Å²) in [5.74, 6) is 0.147. The summed E-state index contributed by atoms with van der Waals surface area (Å²) in [7, 11) is 0. The van der Waals surface area contributed by atoms with Crippen LogP contribution in [0.2, 0.25) is 0 Å². The Morgan fingerprint density at radius 3 is 2.81 bits per heavy atom. The number of thiophene rings is 1. The van der Waals surface area contributed by atoms with Gasteiger partial charge >= 0.3 is 6.18 Å². The van der Waals surface area contributed by atoms with Gasteiger partial charge in [-0.3, -0.25) is 4.79 Å². The zero-order valence-electron chi connectivity index (χ0n) is 13.7. The molecule has 10 heteroatoms. The third-order valence-corrected chi connectivity index (χ3v) is 5.20. The Hall–Kier alpha value is -2.75. The van der Waals surface area contributed by atoms with Crippen LogP contribution in [0.25, 0.3) is 27.3 Å². The first-order valence-corrected chi connectivity index (χ1v) is 8.55. The molecule has 0 aliphatic carbocycles. The van der Waals surface area contributed by atoms with E-state index in [-0.39, 0.29) is 22.6 Å². The van der Waals surface area contributed by atoms with Gasteiger partial charge in [0.1, 0.15) is 16.3 Å². The average Bonchev–Trinajstić information content (AvgIpc) is 3.13. The number of nitrogens with zero attached hydrogens (tertiary/aromatic N) is 4. The molecule has 0 fully saturated rings. The molecule has 4 heterocycles. The van der Waals surface area contributed by atoms with Crippen molar-refractivity contribution in [1.29, 1.82) is 0 Å². The van der Waals surface area contributed by atoms with Gasteiger partial charge in [0, 0.05) is 11.1 Å². The number of hydrogen-bond acceptors (Lipinski definition) is 5. The number of alkyl halides is 3. The van der Waals surface area contributed by atoms with E-state index in [0.717, 1.165) is 22.7 Å². The third kappa shape index (κ3) is 2.40. The third-order valence-electron chi connectivity index (χ3n) is 4.16. The van der Waals surface area contributed by atoms with Gasteiger partial charge in [-0.25, -0.2) is 14.5 Å². The molecule has 0 saturated heterocycles. The van der Waals surface area contributed by atoms with E-state index >= 15 is 0 Å². The Kier molecular flexibility index (Phi) is 3.62. The number of aromatic amines is 1. The molecular weight excluding hydrogens is 367 g/mol. The topological polar surface area (TPSA) is 75.9 Å². The Labute approximate surface area is 148 Å². The number of H-pyrrole nitrogens is 1. The highest BCUT2D eigenvalue weighted by Crippen LogP contribution is 2.32. The van der Waals surface area contributed by atoms with E-state index in [4.69, 9.17) is 0 Å². The summed E-state index contributed by atoms with van der Waals surface area (Å²) in [4.78, 5) is 25.2. The number of fused-ring (bicyclic) bond motifs is 2. The van der Waals surface area contributed by atoms with Crippen LogP contribution in [0.3, 0.4) is 0 Å². The van der Waals surface area contributed by atoms with E-state index in [1.165, 1.54) is 17.5 Å². The molecule has 0 bridgehead atoms. The van der Waals surface area contributed by atoms with Crippen molar-refractivity contribution in [3.05, 3.63) is 44.9 Å². The SMILES string of the molecule is CCc1c(C)sc2nc(-c3cnn4c(C(F)(F)F)ccnc34)[nH]c(=O)c12. The minimum absolute atomic E-state index is 0.0219. The second-order valence-electron chi connectivity index (χ2n) is 5.71. The maximum atomic E-state index is 13.1. The smallest absolute Gasteiger partial charge is 0.306 e. The lowest BCUT2D eigenvalue weighted by molar-refractivity contribution is -0.142. The summed E-state index contributed by atoms with van der Waals surface area (Å²) in [6.45, 7) is 3.87. The van der Waals surface area contributed by atoms with E-state index in [1.807, 2.05) is 13.8 Å². The lowest BCUT2D eigenvalue weighted by atomic mass is 10.1. The first kappa shape index (κ1) is 16.7. The van der Waals surface area contributed by atoms with Crippen molar-refractivity contribution in [3.63, 3.8) is 0 Å². The van der Waals surface area contributed by atoms with Gasteiger partial charge in [0.05, 0.1) is 17.1 Å². The van der Waals surface area contributed by atoms with E-state index in [1.54, 1.807) is 0 Å². The molecule has 4 aromatic rings. The lowest BCUT2D eigenvalue weighted by Gasteiger charge is -2.08. The fraction of sp³-hybridized carbons (Fsp3) is 0.250. The number of hydrogen-bond donors (Lipinski definition) is 1. The van der Waals surface area contributed by atoms with E-state index in [0.29, 0.717) is 21.2 Å². The quantitative estimate of drug-likeness (QED) is 0.578. The second kappa shape index (κ2) is 5.63. The molecular formula is C16H12F3N5OS. The van der Waals surface area contributed by atoms with Crippen LogP contribution in [-0.2, 0) is 12.6 Å². The molecule has 1 N–H and O–H groups in total. The molecule has 0 aromatic carbocycles. The van der Waals surface area contributed by atoms with Gasteiger partial charge in [-0.15, -0.1) is 11.3 Å². The molecule has 0 spiro atoms. The number of nitrogens with one attached hydrogen (secondary N) is 1. The summed E-state index contributed by atoms with van der Waals surface area (Å²) in [5, 5.41) is 4.31. The average molecular weight is 379 g/mol. The monoisotopic (exact) mass is 379 g/mol. The molecule has 4 rings (SSSR count). The molecule has 26 heavy (non-hydrogen) atoms. The summed E-state index contributed by atoms with van der Waals surface area (Å²) < 4.78 is 40.1. The highest BCUT2D eigenvalue weighted by atomic mass is 32.1. The van der Waals surface area contributed by atoms with Crippen LogP contribution < -0.4 is 5.56 Å². The van der Waals surface area contributed by atoms with Crippen molar-refractivity contribution >= 4 is 27.2 Å². The van der Waals surface area contributed by atoms with Crippen LogP contribution in [0.4, 0.5) is 13.2 Å².